The van der Waals surface area contributed by atoms with E-state index in [0.717, 1.165) is 32.5 Å². The van der Waals surface area contributed by atoms with Crippen molar-refractivity contribution >= 4 is 5.91 Å². The quantitative estimate of drug-likeness (QED) is 0.665. The summed E-state index contributed by atoms with van der Waals surface area (Å²) in [7, 11) is 0. The summed E-state index contributed by atoms with van der Waals surface area (Å²) in [6.45, 7) is 4.37. The summed E-state index contributed by atoms with van der Waals surface area (Å²) in [5.41, 5.74) is 0. The summed E-state index contributed by atoms with van der Waals surface area (Å²) in [5.74, 6) is 0.188. The Bertz CT molecular complexity index is 234. The molecule has 0 spiro atoms. The summed E-state index contributed by atoms with van der Waals surface area (Å²) >= 11 is 0. The number of amides is 1. The van der Waals surface area contributed by atoms with Crippen LogP contribution in [0.5, 0.6) is 0 Å². The molecule has 0 aromatic carbocycles. The van der Waals surface area contributed by atoms with Crippen LogP contribution < -0.4 is 5.32 Å². The zero-order chi connectivity index (χ0) is 10.4. The van der Waals surface area contributed by atoms with Crippen LogP contribution in [0.3, 0.4) is 0 Å². The second kappa shape index (κ2) is 5.61. The zero-order valence-electron chi connectivity index (χ0n) is 8.62. The molecule has 1 amide bonds. The Labute approximate surface area is 84.9 Å². The largest absolute Gasteiger partial charge is 0.340 e. The summed E-state index contributed by atoms with van der Waals surface area (Å²) < 4.78 is 0. The third-order valence-electron chi connectivity index (χ3n) is 2.48. The molecule has 1 aliphatic heterocycles. The van der Waals surface area contributed by atoms with Crippen molar-refractivity contribution in [3.63, 3.8) is 0 Å². The SMILES string of the molecule is CC1NCCN(CCCCC#N)C1=O. The maximum Gasteiger partial charge on any atom is 0.239 e. The van der Waals surface area contributed by atoms with Crippen LogP contribution in [0.15, 0.2) is 0 Å². The van der Waals surface area contributed by atoms with Crippen molar-refractivity contribution in [2.24, 2.45) is 0 Å². The van der Waals surface area contributed by atoms with Gasteiger partial charge in [0.25, 0.3) is 0 Å². The smallest absolute Gasteiger partial charge is 0.239 e. The Kier molecular flexibility index (Phi) is 4.41. The number of carbonyl (C=O) groups excluding carboxylic acids is 1. The molecule has 1 fully saturated rings. The highest BCUT2D eigenvalue weighted by Gasteiger charge is 2.23. The number of nitrogens with one attached hydrogen (secondary N) is 1. The molecule has 14 heavy (non-hydrogen) atoms. The Hall–Kier alpha value is -1.08. The molecule has 0 saturated carbocycles. The van der Waals surface area contributed by atoms with Crippen molar-refractivity contribution in [2.45, 2.75) is 32.2 Å². The highest BCUT2D eigenvalue weighted by Crippen LogP contribution is 2.04. The summed E-state index contributed by atoms with van der Waals surface area (Å²) in [6.07, 6.45) is 2.42. The van der Waals surface area contributed by atoms with Crippen LogP contribution in [0.4, 0.5) is 0 Å². The van der Waals surface area contributed by atoms with Crippen molar-refractivity contribution in [3.05, 3.63) is 0 Å². The molecule has 1 atom stereocenters. The minimum Gasteiger partial charge on any atom is -0.340 e. The van der Waals surface area contributed by atoms with E-state index in [0.29, 0.717) is 6.42 Å². The molecular weight excluding hydrogens is 178 g/mol. The third kappa shape index (κ3) is 3.00. The van der Waals surface area contributed by atoms with Crippen LogP contribution in [-0.2, 0) is 4.79 Å². The van der Waals surface area contributed by atoms with E-state index >= 15 is 0 Å². The first-order valence-corrected chi connectivity index (χ1v) is 5.15. The van der Waals surface area contributed by atoms with E-state index in [2.05, 4.69) is 11.4 Å². The fourth-order valence-electron chi connectivity index (χ4n) is 1.62. The highest BCUT2D eigenvalue weighted by atomic mass is 16.2. The van der Waals surface area contributed by atoms with Gasteiger partial charge in [-0.15, -0.1) is 0 Å². The monoisotopic (exact) mass is 195 g/mol. The van der Waals surface area contributed by atoms with Gasteiger partial charge in [-0.25, -0.2) is 0 Å². The molecule has 0 bridgehead atoms. The Morgan fingerprint density at radius 2 is 2.43 bits per heavy atom. The number of hydrogen-bond acceptors (Lipinski definition) is 3. The Morgan fingerprint density at radius 1 is 1.64 bits per heavy atom. The maximum absolute atomic E-state index is 11.6. The van der Waals surface area contributed by atoms with E-state index < -0.39 is 0 Å². The minimum absolute atomic E-state index is 0.0419. The van der Waals surface area contributed by atoms with Crippen LogP contribution in [0, 0.1) is 11.3 Å². The lowest BCUT2D eigenvalue weighted by atomic mass is 10.2. The summed E-state index contributed by atoms with van der Waals surface area (Å²) in [6, 6.07) is 2.07. The molecule has 4 nitrogen and oxygen atoms in total. The molecule has 0 aromatic rings. The summed E-state index contributed by atoms with van der Waals surface area (Å²) in [4.78, 5) is 13.5. The molecule has 0 radical (unpaired) electrons. The van der Waals surface area contributed by atoms with E-state index in [-0.39, 0.29) is 11.9 Å². The van der Waals surface area contributed by atoms with Crippen LogP contribution in [-0.4, -0.2) is 36.5 Å². The Balaban J connectivity index is 2.23. The molecule has 4 heteroatoms. The molecule has 1 unspecified atom stereocenters. The molecule has 0 aromatic heterocycles. The average molecular weight is 195 g/mol. The molecule has 1 rings (SSSR count). The van der Waals surface area contributed by atoms with Crippen LogP contribution in [0.1, 0.15) is 26.2 Å². The van der Waals surface area contributed by atoms with Crippen LogP contribution in [0.25, 0.3) is 0 Å². The molecule has 1 saturated heterocycles. The minimum atomic E-state index is -0.0419. The molecule has 1 aliphatic rings. The molecule has 78 valence electrons. The first kappa shape index (κ1) is 11.0. The van der Waals surface area contributed by atoms with Gasteiger partial charge in [-0.2, -0.15) is 5.26 Å². The predicted molar refractivity (Wildman–Crippen MR) is 53.5 cm³/mol. The number of unbranched alkanes of at least 4 members (excludes halogenated alkanes) is 2. The van der Waals surface area contributed by atoms with E-state index in [1.807, 2.05) is 11.8 Å². The van der Waals surface area contributed by atoms with Gasteiger partial charge in [-0.05, 0) is 19.8 Å². The average Bonchev–Trinajstić information content (AvgIpc) is 2.19. The van der Waals surface area contributed by atoms with Gasteiger partial charge in [0.15, 0.2) is 0 Å². The van der Waals surface area contributed by atoms with Gasteiger partial charge in [-0.3, -0.25) is 4.79 Å². The topological polar surface area (TPSA) is 56.1 Å². The van der Waals surface area contributed by atoms with Crippen molar-refractivity contribution in [1.29, 1.82) is 5.26 Å². The number of piperazine rings is 1. The van der Waals surface area contributed by atoms with Crippen molar-refractivity contribution in [1.82, 2.24) is 10.2 Å². The van der Waals surface area contributed by atoms with E-state index in [9.17, 15) is 4.79 Å². The van der Waals surface area contributed by atoms with E-state index in [4.69, 9.17) is 5.26 Å². The van der Waals surface area contributed by atoms with Crippen LogP contribution in [0.2, 0.25) is 0 Å². The lowest BCUT2D eigenvalue weighted by Gasteiger charge is -2.31. The highest BCUT2D eigenvalue weighted by molar-refractivity contribution is 5.82. The predicted octanol–water partition coefficient (Wildman–Crippen LogP) is 0.501. The number of nitrogens with zero attached hydrogens (tertiary/aromatic N) is 2. The van der Waals surface area contributed by atoms with Gasteiger partial charge >= 0.3 is 0 Å². The normalized spacial score (nSPS) is 22.1. The van der Waals surface area contributed by atoms with Crippen LogP contribution >= 0.6 is 0 Å². The number of rotatable bonds is 4. The van der Waals surface area contributed by atoms with E-state index in [1.165, 1.54) is 0 Å². The van der Waals surface area contributed by atoms with Gasteiger partial charge in [0.2, 0.25) is 5.91 Å². The van der Waals surface area contributed by atoms with Gasteiger partial charge in [-0.1, -0.05) is 0 Å². The first-order chi connectivity index (χ1) is 6.75. The van der Waals surface area contributed by atoms with E-state index in [1.54, 1.807) is 0 Å². The van der Waals surface area contributed by atoms with Crippen molar-refractivity contribution < 1.29 is 4.79 Å². The number of carbonyl (C=O) groups is 1. The van der Waals surface area contributed by atoms with Gasteiger partial charge in [0.1, 0.15) is 0 Å². The molecule has 1 N–H and O–H groups in total. The zero-order valence-corrected chi connectivity index (χ0v) is 8.62. The molecular formula is C10H17N3O. The van der Waals surface area contributed by atoms with Crippen molar-refractivity contribution in [2.75, 3.05) is 19.6 Å². The lowest BCUT2D eigenvalue weighted by molar-refractivity contribution is -0.135. The maximum atomic E-state index is 11.6. The number of nitriles is 1. The second-order valence-electron chi connectivity index (χ2n) is 3.62. The molecule has 1 heterocycles. The van der Waals surface area contributed by atoms with Crippen molar-refractivity contribution in [3.8, 4) is 6.07 Å². The Morgan fingerprint density at radius 3 is 3.14 bits per heavy atom. The first-order valence-electron chi connectivity index (χ1n) is 5.15. The van der Waals surface area contributed by atoms with Gasteiger partial charge < -0.3 is 10.2 Å². The standard InChI is InChI=1S/C10H17N3O/c1-9-10(14)13(8-6-12-9)7-4-2-3-5-11/h9,12H,2-4,6-8H2,1H3. The van der Waals surface area contributed by atoms with Gasteiger partial charge in [0, 0.05) is 26.1 Å². The second-order valence-corrected chi connectivity index (χ2v) is 3.62. The molecule has 0 aliphatic carbocycles. The fourth-order valence-corrected chi connectivity index (χ4v) is 1.62. The lowest BCUT2D eigenvalue weighted by Crippen LogP contribution is -2.53. The summed E-state index contributed by atoms with van der Waals surface area (Å²) in [5, 5.41) is 11.5. The third-order valence-corrected chi connectivity index (χ3v) is 2.48. The fraction of sp³-hybridized carbons (Fsp3) is 0.800. The number of hydrogen-bond donors (Lipinski definition) is 1. The van der Waals surface area contributed by atoms with Gasteiger partial charge in [0.05, 0.1) is 12.1 Å².